The summed E-state index contributed by atoms with van der Waals surface area (Å²) in [6.07, 6.45) is 6.64. The van der Waals surface area contributed by atoms with Crippen molar-refractivity contribution in [1.82, 2.24) is 9.55 Å². The second kappa shape index (κ2) is 5.65. The van der Waals surface area contributed by atoms with Crippen LogP contribution in [-0.4, -0.2) is 9.55 Å². The summed E-state index contributed by atoms with van der Waals surface area (Å²) < 4.78 is 2.14. The van der Waals surface area contributed by atoms with Crippen molar-refractivity contribution in [3.63, 3.8) is 0 Å². The Hall–Kier alpha value is -1.22. The molecule has 0 atom stereocenters. The zero-order valence-electron chi connectivity index (χ0n) is 12.0. The molecule has 1 fully saturated rings. The average Bonchev–Trinajstić information content (AvgIpc) is 2.76. The number of anilines is 1. The number of nitrogen functional groups attached to an aromatic ring is 1. The van der Waals surface area contributed by atoms with E-state index in [0.29, 0.717) is 5.95 Å². The van der Waals surface area contributed by atoms with Gasteiger partial charge in [-0.1, -0.05) is 37.8 Å². The van der Waals surface area contributed by atoms with Crippen LogP contribution in [0.3, 0.4) is 0 Å². The molecular formula is C16H22ClN3. The number of aromatic nitrogens is 2. The number of hydrogen-bond acceptors (Lipinski definition) is 2. The Morgan fingerprint density at radius 1 is 1.25 bits per heavy atom. The van der Waals surface area contributed by atoms with Crippen LogP contribution in [-0.2, 0) is 6.54 Å². The molecule has 1 aliphatic carbocycles. The maximum atomic E-state index is 6.10. The summed E-state index contributed by atoms with van der Waals surface area (Å²) in [6, 6.07) is 5.78. The SMILES string of the molecule is CCC1CCC(Cn2c(N)nc3ccc(Cl)cc32)CC1. The lowest BCUT2D eigenvalue weighted by atomic mass is 9.81. The van der Waals surface area contributed by atoms with Gasteiger partial charge in [0.05, 0.1) is 11.0 Å². The molecule has 0 aliphatic heterocycles. The van der Waals surface area contributed by atoms with E-state index in [-0.39, 0.29) is 0 Å². The second-order valence-electron chi connectivity index (χ2n) is 6.01. The Kier molecular flexibility index (Phi) is 3.88. The van der Waals surface area contributed by atoms with Crippen molar-refractivity contribution in [2.24, 2.45) is 11.8 Å². The van der Waals surface area contributed by atoms with Gasteiger partial charge in [-0.3, -0.25) is 0 Å². The number of halogens is 1. The van der Waals surface area contributed by atoms with Gasteiger partial charge in [-0.15, -0.1) is 0 Å². The number of hydrogen-bond donors (Lipinski definition) is 1. The molecule has 0 saturated heterocycles. The van der Waals surface area contributed by atoms with E-state index in [0.717, 1.165) is 34.4 Å². The van der Waals surface area contributed by atoms with Crippen molar-refractivity contribution in [2.75, 3.05) is 5.73 Å². The maximum absolute atomic E-state index is 6.10. The number of nitrogens with zero attached hydrogens (tertiary/aromatic N) is 2. The van der Waals surface area contributed by atoms with Crippen LogP contribution in [0, 0.1) is 11.8 Å². The second-order valence-corrected chi connectivity index (χ2v) is 6.45. The fourth-order valence-electron chi connectivity index (χ4n) is 3.39. The third-order valence-electron chi connectivity index (χ3n) is 4.72. The smallest absolute Gasteiger partial charge is 0.201 e. The van der Waals surface area contributed by atoms with E-state index in [1.807, 2.05) is 18.2 Å². The van der Waals surface area contributed by atoms with Gasteiger partial charge < -0.3 is 10.3 Å². The Balaban J connectivity index is 1.80. The molecule has 3 rings (SSSR count). The first kappa shape index (κ1) is 13.7. The lowest BCUT2D eigenvalue weighted by Gasteiger charge is -2.28. The first-order chi connectivity index (χ1) is 9.67. The summed E-state index contributed by atoms with van der Waals surface area (Å²) in [5.74, 6) is 2.26. The highest BCUT2D eigenvalue weighted by molar-refractivity contribution is 6.31. The number of rotatable bonds is 3. The Morgan fingerprint density at radius 2 is 1.95 bits per heavy atom. The minimum Gasteiger partial charge on any atom is -0.369 e. The molecular weight excluding hydrogens is 270 g/mol. The maximum Gasteiger partial charge on any atom is 0.201 e. The standard InChI is InChI=1S/C16H22ClN3/c1-2-11-3-5-12(6-4-11)10-20-15-9-13(17)7-8-14(15)19-16(20)18/h7-9,11-12H,2-6,10H2,1H3,(H2,18,19). The van der Waals surface area contributed by atoms with E-state index < -0.39 is 0 Å². The van der Waals surface area contributed by atoms with E-state index in [1.165, 1.54) is 32.1 Å². The molecule has 0 unspecified atom stereocenters. The first-order valence-corrected chi connectivity index (χ1v) is 7.96. The fourth-order valence-corrected chi connectivity index (χ4v) is 3.55. The van der Waals surface area contributed by atoms with Gasteiger partial charge in [-0.2, -0.15) is 0 Å². The van der Waals surface area contributed by atoms with Crippen molar-refractivity contribution in [1.29, 1.82) is 0 Å². The van der Waals surface area contributed by atoms with Gasteiger partial charge in [0.25, 0.3) is 0 Å². The molecule has 2 aromatic rings. The zero-order valence-corrected chi connectivity index (χ0v) is 12.7. The van der Waals surface area contributed by atoms with E-state index in [4.69, 9.17) is 17.3 Å². The van der Waals surface area contributed by atoms with Gasteiger partial charge in [-0.05, 0) is 42.9 Å². The average molecular weight is 292 g/mol. The monoisotopic (exact) mass is 291 g/mol. The van der Waals surface area contributed by atoms with Crippen LogP contribution in [0.15, 0.2) is 18.2 Å². The first-order valence-electron chi connectivity index (χ1n) is 7.58. The van der Waals surface area contributed by atoms with Gasteiger partial charge in [0.1, 0.15) is 0 Å². The molecule has 108 valence electrons. The van der Waals surface area contributed by atoms with Crippen LogP contribution in [0.1, 0.15) is 39.0 Å². The number of fused-ring (bicyclic) bond motifs is 1. The van der Waals surface area contributed by atoms with Crippen molar-refractivity contribution < 1.29 is 0 Å². The van der Waals surface area contributed by atoms with Gasteiger partial charge in [0.15, 0.2) is 0 Å². The molecule has 3 nitrogen and oxygen atoms in total. The van der Waals surface area contributed by atoms with Crippen LogP contribution in [0.4, 0.5) is 5.95 Å². The van der Waals surface area contributed by atoms with Crippen LogP contribution >= 0.6 is 11.6 Å². The van der Waals surface area contributed by atoms with Crippen molar-refractivity contribution >= 4 is 28.6 Å². The molecule has 2 N–H and O–H groups in total. The van der Waals surface area contributed by atoms with Gasteiger partial charge >= 0.3 is 0 Å². The highest BCUT2D eigenvalue weighted by atomic mass is 35.5. The molecule has 0 spiro atoms. The molecule has 0 bridgehead atoms. The van der Waals surface area contributed by atoms with Crippen LogP contribution in [0.2, 0.25) is 5.02 Å². The van der Waals surface area contributed by atoms with E-state index in [2.05, 4.69) is 16.5 Å². The topological polar surface area (TPSA) is 43.8 Å². The van der Waals surface area contributed by atoms with Crippen molar-refractivity contribution in [3.05, 3.63) is 23.2 Å². The molecule has 1 aromatic heterocycles. The third-order valence-corrected chi connectivity index (χ3v) is 4.96. The van der Waals surface area contributed by atoms with E-state index in [1.54, 1.807) is 0 Å². The summed E-state index contributed by atoms with van der Waals surface area (Å²) >= 11 is 6.10. The van der Waals surface area contributed by atoms with Crippen LogP contribution < -0.4 is 5.73 Å². The molecule has 1 aromatic carbocycles. The molecule has 0 radical (unpaired) electrons. The van der Waals surface area contributed by atoms with Crippen LogP contribution in [0.25, 0.3) is 11.0 Å². The lowest BCUT2D eigenvalue weighted by molar-refractivity contribution is 0.250. The minimum absolute atomic E-state index is 0.611. The summed E-state index contributed by atoms with van der Waals surface area (Å²) in [5.41, 5.74) is 8.08. The summed E-state index contributed by atoms with van der Waals surface area (Å²) in [4.78, 5) is 4.43. The van der Waals surface area contributed by atoms with E-state index in [9.17, 15) is 0 Å². The highest BCUT2D eigenvalue weighted by Gasteiger charge is 2.21. The lowest BCUT2D eigenvalue weighted by Crippen LogP contribution is -2.19. The largest absolute Gasteiger partial charge is 0.369 e. The zero-order chi connectivity index (χ0) is 14.1. The van der Waals surface area contributed by atoms with Crippen molar-refractivity contribution in [3.8, 4) is 0 Å². The molecule has 4 heteroatoms. The quantitative estimate of drug-likeness (QED) is 0.905. The Morgan fingerprint density at radius 3 is 2.65 bits per heavy atom. The molecule has 1 aliphatic rings. The number of nitrogens with two attached hydrogens (primary N) is 1. The highest BCUT2D eigenvalue weighted by Crippen LogP contribution is 2.33. The van der Waals surface area contributed by atoms with Gasteiger partial charge in [-0.25, -0.2) is 4.98 Å². The summed E-state index contributed by atoms with van der Waals surface area (Å²) in [7, 11) is 0. The fraction of sp³-hybridized carbons (Fsp3) is 0.562. The Labute approximate surface area is 125 Å². The van der Waals surface area contributed by atoms with Gasteiger partial charge in [0, 0.05) is 11.6 Å². The molecule has 1 saturated carbocycles. The minimum atomic E-state index is 0.611. The van der Waals surface area contributed by atoms with Crippen molar-refractivity contribution in [2.45, 2.75) is 45.6 Å². The summed E-state index contributed by atoms with van der Waals surface area (Å²) in [6.45, 7) is 3.27. The molecule has 0 amide bonds. The predicted molar refractivity (Wildman–Crippen MR) is 84.9 cm³/mol. The normalized spacial score (nSPS) is 23.3. The summed E-state index contributed by atoms with van der Waals surface area (Å²) in [5, 5.41) is 0.744. The van der Waals surface area contributed by atoms with Gasteiger partial charge in [0.2, 0.25) is 5.95 Å². The third kappa shape index (κ3) is 2.64. The van der Waals surface area contributed by atoms with E-state index >= 15 is 0 Å². The predicted octanol–water partition coefficient (Wildman–Crippen LogP) is 4.49. The number of benzene rings is 1. The Bertz CT molecular complexity index is 597. The number of imidazole rings is 1. The molecule has 20 heavy (non-hydrogen) atoms. The molecule has 1 heterocycles. The van der Waals surface area contributed by atoms with Crippen LogP contribution in [0.5, 0.6) is 0 Å².